The van der Waals surface area contributed by atoms with E-state index in [9.17, 15) is 0 Å². The molecule has 0 aliphatic heterocycles. The third-order valence-electron chi connectivity index (χ3n) is 2.33. The minimum Gasteiger partial charge on any atom is -0.312 e. The Balaban J connectivity index is 2.93. The summed E-state index contributed by atoms with van der Waals surface area (Å²) >= 11 is 0. The van der Waals surface area contributed by atoms with E-state index < -0.39 is 0 Å². The molecule has 0 radical (unpaired) electrons. The smallest absolute Gasteiger partial charge is 0.118 e. The van der Waals surface area contributed by atoms with Crippen LogP contribution in [0.15, 0.2) is 35.3 Å². The first-order chi connectivity index (χ1) is 6.83. The van der Waals surface area contributed by atoms with Crippen molar-refractivity contribution in [3.63, 3.8) is 0 Å². The summed E-state index contributed by atoms with van der Waals surface area (Å²) in [6, 6.07) is 10.3. The van der Waals surface area contributed by atoms with Crippen LogP contribution in [-0.4, -0.2) is 12.9 Å². The highest BCUT2D eigenvalue weighted by Crippen LogP contribution is 2.19. The molecule has 0 spiro atoms. The highest BCUT2D eigenvalue weighted by Gasteiger charge is 2.14. The second kappa shape index (κ2) is 5.40. The minimum atomic E-state index is 0.270. The van der Waals surface area contributed by atoms with Gasteiger partial charge in [-0.2, -0.15) is 0 Å². The quantitative estimate of drug-likeness (QED) is 0.330. The lowest BCUT2D eigenvalue weighted by Gasteiger charge is -2.16. The number of amidine groups is 1. The van der Waals surface area contributed by atoms with Crippen LogP contribution in [0.3, 0.4) is 0 Å². The van der Waals surface area contributed by atoms with Gasteiger partial charge in [-0.3, -0.25) is 4.99 Å². The topological polar surface area (TPSA) is 50.4 Å². The Morgan fingerprint density at radius 2 is 2.07 bits per heavy atom. The summed E-state index contributed by atoms with van der Waals surface area (Å²) < 4.78 is 0. The fourth-order valence-corrected chi connectivity index (χ4v) is 1.59. The van der Waals surface area contributed by atoms with Gasteiger partial charge in [0.15, 0.2) is 0 Å². The van der Waals surface area contributed by atoms with Crippen LogP contribution in [0, 0.1) is 0 Å². The lowest BCUT2D eigenvalue weighted by molar-refractivity contribution is 0.794. The number of nitrogens with two attached hydrogens (primary N) is 1. The number of hydrazine groups is 1. The average Bonchev–Trinajstić information content (AvgIpc) is 2.27. The molecule has 1 unspecified atom stereocenters. The van der Waals surface area contributed by atoms with Crippen molar-refractivity contribution in [3.8, 4) is 0 Å². The molecule has 0 saturated carbocycles. The van der Waals surface area contributed by atoms with Gasteiger partial charge in [0, 0.05) is 13.0 Å². The van der Waals surface area contributed by atoms with E-state index in [-0.39, 0.29) is 5.92 Å². The second-order valence-electron chi connectivity index (χ2n) is 3.12. The SMILES string of the molecule is CCC(C(=NC)NN)c1ccccc1. The Kier molecular flexibility index (Phi) is 4.13. The molecular weight excluding hydrogens is 174 g/mol. The van der Waals surface area contributed by atoms with Crippen molar-refractivity contribution in [1.29, 1.82) is 0 Å². The summed E-state index contributed by atoms with van der Waals surface area (Å²) in [5.74, 6) is 6.52. The molecular formula is C11H17N3. The molecule has 3 nitrogen and oxygen atoms in total. The number of hydrogen-bond acceptors (Lipinski definition) is 2. The highest BCUT2D eigenvalue weighted by molar-refractivity contribution is 5.88. The van der Waals surface area contributed by atoms with Gasteiger partial charge in [0.1, 0.15) is 5.84 Å². The number of hydrogen-bond donors (Lipinski definition) is 2. The molecule has 0 amide bonds. The number of aliphatic imine (C=N–C) groups is 1. The van der Waals surface area contributed by atoms with E-state index in [0.29, 0.717) is 0 Å². The van der Waals surface area contributed by atoms with Crippen molar-refractivity contribution < 1.29 is 0 Å². The van der Waals surface area contributed by atoms with Gasteiger partial charge in [-0.25, -0.2) is 5.84 Å². The van der Waals surface area contributed by atoms with Gasteiger partial charge in [0.05, 0.1) is 0 Å². The molecule has 3 heteroatoms. The predicted octanol–water partition coefficient (Wildman–Crippen LogP) is 1.67. The standard InChI is InChI=1S/C11H17N3/c1-3-10(11(13-2)14-12)9-7-5-4-6-8-9/h4-8,10H,3,12H2,1-2H3,(H,13,14). The Labute approximate surface area is 85.0 Å². The van der Waals surface area contributed by atoms with Crippen molar-refractivity contribution in [2.24, 2.45) is 10.8 Å². The summed E-state index contributed by atoms with van der Waals surface area (Å²) in [6.07, 6.45) is 0.987. The van der Waals surface area contributed by atoms with Gasteiger partial charge < -0.3 is 5.43 Å². The zero-order valence-electron chi connectivity index (χ0n) is 8.70. The second-order valence-corrected chi connectivity index (χ2v) is 3.12. The molecule has 0 aliphatic rings. The molecule has 0 saturated heterocycles. The van der Waals surface area contributed by atoms with Crippen LogP contribution in [0.25, 0.3) is 0 Å². The van der Waals surface area contributed by atoms with Crippen LogP contribution in [-0.2, 0) is 0 Å². The number of nitrogens with zero attached hydrogens (tertiary/aromatic N) is 1. The third-order valence-corrected chi connectivity index (χ3v) is 2.33. The lowest BCUT2D eigenvalue weighted by Crippen LogP contribution is -2.34. The number of benzene rings is 1. The van der Waals surface area contributed by atoms with Gasteiger partial charge >= 0.3 is 0 Å². The molecule has 1 rings (SSSR count). The van der Waals surface area contributed by atoms with Crippen LogP contribution in [0.4, 0.5) is 0 Å². The maximum Gasteiger partial charge on any atom is 0.118 e. The van der Waals surface area contributed by atoms with E-state index >= 15 is 0 Å². The summed E-state index contributed by atoms with van der Waals surface area (Å²) in [4.78, 5) is 4.13. The summed E-state index contributed by atoms with van der Waals surface area (Å²) in [5.41, 5.74) is 3.90. The van der Waals surface area contributed by atoms with Crippen molar-refractivity contribution >= 4 is 5.84 Å². The van der Waals surface area contributed by atoms with Crippen LogP contribution < -0.4 is 11.3 Å². The van der Waals surface area contributed by atoms with Gasteiger partial charge in [-0.15, -0.1) is 0 Å². The van der Waals surface area contributed by atoms with Gasteiger partial charge in [-0.05, 0) is 12.0 Å². The van der Waals surface area contributed by atoms with Gasteiger partial charge in [0.25, 0.3) is 0 Å². The van der Waals surface area contributed by atoms with E-state index in [1.807, 2.05) is 18.2 Å². The van der Waals surface area contributed by atoms with Crippen molar-refractivity contribution in [2.75, 3.05) is 7.05 Å². The highest BCUT2D eigenvalue weighted by atomic mass is 15.2. The molecule has 1 atom stereocenters. The predicted molar refractivity (Wildman–Crippen MR) is 60.2 cm³/mol. The molecule has 0 bridgehead atoms. The normalized spacial score (nSPS) is 13.8. The monoisotopic (exact) mass is 191 g/mol. The van der Waals surface area contributed by atoms with E-state index in [0.717, 1.165) is 12.3 Å². The minimum absolute atomic E-state index is 0.270. The maximum absolute atomic E-state index is 5.42. The molecule has 14 heavy (non-hydrogen) atoms. The molecule has 0 fully saturated rings. The summed E-state index contributed by atoms with van der Waals surface area (Å²) in [7, 11) is 1.75. The summed E-state index contributed by atoms with van der Waals surface area (Å²) in [6.45, 7) is 2.13. The first-order valence-electron chi connectivity index (χ1n) is 4.81. The first kappa shape index (κ1) is 10.7. The molecule has 3 N–H and O–H groups in total. The zero-order chi connectivity index (χ0) is 10.4. The molecule has 1 aromatic rings. The van der Waals surface area contributed by atoms with E-state index in [1.165, 1.54) is 5.56 Å². The van der Waals surface area contributed by atoms with Crippen LogP contribution in [0.2, 0.25) is 0 Å². The molecule has 0 aliphatic carbocycles. The van der Waals surface area contributed by atoms with E-state index in [4.69, 9.17) is 5.84 Å². The van der Waals surface area contributed by atoms with Crippen LogP contribution in [0.5, 0.6) is 0 Å². The van der Waals surface area contributed by atoms with Crippen molar-refractivity contribution in [1.82, 2.24) is 5.43 Å². The van der Waals surface area contributed by atoms with E-state index in [1.54, 1.807) is 7.05 Å². The van der Waals surface area contributed by atoms with Crippen molar-refractivity contribution in [3.05, 3.63) is 35.9 Å². The van der Waals surface area contributed by atoms with Gasteiger partial charge in [-0.1, -0.05) is 37.3 Å². The van der Waals surface area contributed by atoms with Crippen molar-refractivity contribution in [2.45, 2.75) is 19.3 Å². The Morgan fingerprint density at radius 1 is 1.43 bits per heavy atom. The van der Waals surface area contributed by atoms with Gasteiger partial charge in [0.2, 0.25) is 0 Å². The van der Waals surface area contributed by atoms with E-state index in [2.05, 4.69) is 29.5 Å². The number of nitrogens with one attached hydrogen (secondary N) is 1. The fourth-order valence-electron chi connectivity index (χ4n) is 1.59. The Hall–Kier alpha value is -1.35. The average molecular weight is 191 g/mol. The first-order valence-corrected chi connectivity index (χ1v) is 4.81. The lowest BCUT2D eigenvalue weighted by atomic mass is 9.95. The zero-order valence-corrected chi connectivity index (χ0v) is 8.70. The molecule has 0 aromatic heterocycles. The largest absolute Gasteiger partial charge is 0.312 e. The Bertz CT molecular complexity index is 293. The fraction of sp³-hybridized carbons (Fsp3) is 0.364. The maximum atomic E-state index is 5.42. The van der Waals surface area contributed by atoms with Crippen LogP contribution in [0.1, 0.15) is 24.8 Å². The molecule has 0 heterocycles. The van der Waals surface area contributed by atoms with Crippen LogP contribution >= 0.6 is 0 Å². The number of rotatable bonds is 3. The molecule has 1 aromatic carbocycles. The third kappa shape index (κ3) is 2.33. The molecule has 76 valence electrons. The Morgan fingerprint density at radius 3 is 2.50 bits per heavy atom. The summed E-state index contributed by atoms with van der Waals surface area (Å²) in [5, 5.41) is 0.